The van der Waals surface area contributed by atoms with Crippen molar-refractivity contribution in [3.8, 4) is 0 Å². The molecule has 13 heavy (non-hydrogen) atoms. The topological polar surface area (TPSA) is 15.3 Å². The van der Waals surface area contributed by atoms with Crippen LogP contribution < -0.4 is 5.32 Å². The molecule has 0 bridgehead atoms. The summed E-state index contributed by atoms with van der Waals surface area (Å²) in [6.45, 7) is 0. The van der Waals surface area contributed by atoms with E-state index in [0.717, 1.165) is 22.9 Å². The van der Waals surface area contributed by atoms with Gasteiger partial charge in [0.25, 0.3) is 0 Å². The molecule has 0 aromatic rings. The molecule has 0 radical (unpaired) electrons. The van der Waals surface area contributed by atoms with Crippen molar-refractivity contribution in [2.45, 2.75) is 37.6 Å². The molecule has 4 heteroatoms. The zero-order valence-corrected chi connectivity index (χ0v) is 9.43. The van der Waals surface area contributed by atoms with Crippen molar-refractivity contribution in [2.24, 2.45) is 0 Å². The summed E-state index contributed by atoms with van der Waals surface area (Å²) in [5.41, 5.74) is 0.0411. The summed E-state index contributed by atoms with van der Waals surface area (Å²) in [7, 11) is 1.96. The van der Waals surface area contributed by atoms with Crippen LogP contribution in [0, 0.1) is 0 Å². The normalized spacial score (nSPS) is 26.7. The highest BCUT2D eigenvalue weighted by molar-refractivity contribution is 7.82. The predicted octanol–water partition coefficient (Wildman–Crippen LogP) is 1.84. The number of hydrogen-bond donors (Lipinski definition) is 1. The lowest BCUT2D eigenvalue weighted by Gasteiger charge is -2.32. The van der Waals surface area contributed by atoms with Gasteiger partial charge in [0.05, 0.1) is 5.54 Å². The maximum Gasteiger partial charge on any atom is 0.174 e. The number of thiocarbonyl (C=S) groups is 2. The number of hydrogen-bond acceptors (Lipinski definition) is 2. The van der Waals surface area contributed by atoms with Crippen LogP contribution in [0.25, 0.3) is 0 Å². The minimum atomic E-state index is 0.0411. The molecule has 0 unspecified atom stereocenters. The summed E-state index contributed by atoms with van der Waals surface area (Å²) in [4.78, 5) is 2.94. The summed E-state index contributed by atoms with van der Waals surface area (Å²) < 4.78 is 0. The van der Waals surface area contributed by atoms with E-state index in [2.05, 4.69) is 5.32 Å². The first kappa shape index (κ1) is 9.34. The smallest absolute Gasteiger partial charge is 0.174 e. The van der Waals surface area contributed by atoms with Gasteiger partial charge in [0.1, 0.15) is 4.99 Å². The molecule has 1 saturated heterocycles. The molecule has 72 valence electrons. The first-order valence-electron chi connectivity index (χ1n) is 4.76. The van der Waals surface area contributed by atoms with Crippen LogP contribution in [0.15, 0.2) is 0 Å². The average molecular weight is 214 g/mol. The van der Waals surface area contributed by atoms with Crippen LogP contribution in [0.4, 0.5) is 0 Å². The minimum absolute atomic E-state index is 0.0411. The van der Waals surface area contributed by atoms with E-state index in [1.165, 1.54) is 19.3 Å². The Bertz CT molecular complexity index is 256. The lowest BCUT2D eigenvalue weighted by atomic mass is 9.82. The molecule has 0 amide bonds. The van der Waals surface area contributed by atoms with Gasteiger partial charge in [-0.3, -0.25) is 0 Å². The van der Waals surface area contributed by atoms with E-state index in [4.69, 9.17) is 24.4 Å². The van der Waals surface area contributed by atoms with Crippen LogP contribution in [0.3, 0.4) is 0 Å². The minimum Gasteiger partial charge on any atom is -0.350 e. The van der Waals surface area contributed by atoms with E-state index in [-0.39, 0.29) is 5.54 Å². The van der Waals surface area contributed by atoms with Crippen molar-refractivity contribution in [1.82, 2.24) is 10.2 Å². The highest BCUT2D eigenvalue weighted by Crippen LogP contribution is 2.33. The van der Waals surface area contributed by atoms with Crippen molar-refractivity contribution in [2.75, 3.05) is 7.05 Å². The highest BCUT2D eigenvalue weighted by atomic mass is 32.1. The lowest BCUT2D eigenvalue weighted by Crippen LogP contribution is -2.47. The van der Waals surface area contributed by atoms with E-state index in [9.17, 15) is 0 Å². The van der Waals surface area contributed by atoms with Crippen molar-refractivity contribution in [3.63, 3.8) is 0 Å². The van der Waals surface area contributed by atoms with Gasteiger partial charge in [-0.25, -0.2) is 0 Å². The van der Waals surface area contributed by atoms with Crippen LogP contribution in [-0.2, 0) is 0 Å². The summed E-state index contributed by atoms with van der Waals surface area (Å²) in [6, 6.07) is 0. The maximum absolute atomic E-state index is 5.43. The zero-order chi connectivity index (χ0) is 9.47. The SMILES string of the molecule is CN1C(=S)NC2(CCCCC2)C1=S. The quantitative estimate of drug-likeness (QED) is 0.619. The molecule has 2 fully saturated rings. The molecule has 1 heterocycles. The second kappa shape index (κ2) is 3.17. The van der Waals surface area contributed by atoms with Gasteiger partial charge in [-0.05, 0) is 25.1 Å². The van der Waals surface area contributed by atoms with Gasteiger partial charge in [-0.1, -0.05) is 31.5 Å². The summed E-state index contributed by atoms with van der Waals surface area (Å²) in [5, 5.41) is 4.18. The van der Waals surface area contributed by atoms with Gasteiger partial charge in [0.2, 0.25) is 0 Å². The van der Waals surface area contributed by atoms with E-state index in [1.54, 1.807) is 0 Å². The molecular weight excluding hydrogens is 200 g/mol. The van der Waals surface area contributed by atoms with Gasteiger partial charge >= 0.3 is 0 Å². The Kier molecular flexibility index (Phi) is 2.28. The second-order valence-electron chi connectivity index (χ2n) is 3.94. The van der Waals surface area contributed by atoms with Gasteiger partial charge in [-0.2, -0.15) is 0 Å². The van der Waals surface area contributed by atoms with E-state index >= 15 is 0 Å². The summed E-state index contributed by atoms with van der Waals surface area (Å²) in [5.74, 6) is 0. The summed E-state index contributed by atoms with van der Waals surface area (Å²) >= 11 is 10.6. The van der Waals surface area contributed by atoms with Crippen molar-refractivity contribution >= 4 is 34.5 Å². The maximum atomic E-state index is 5.43. The third-order valence-corrected chi connectivity index (χ3v) is 4.11. The standard InChI is InChI=1S/C9H14N2S2/c1-11-7(12)9(10-8(11)13)5-3-2-4-6-9/h2-6H2,1H3,(H,10,13). The second-order valence-corrected chi connectivity index (χ2v) is 4.71. The molecule has 0 atom stereocenters. The molecule has 2 rings (SSSR count). The molecular formula is C9H14N2S2. The molecule has 1 spiro atoms. The van der Waals surface area contributed by atoms with E-state index < -0.39 is 0 Å². The molecule has 1 aliphatic carbocycles. The number of nitrogens with zero attached hydrogens (tertiary/aromatic N) is 1. The molecule has 0 aromatic heterocycles. The Morgan fingerprint density at radius 1 is 1.23 bits per heavy atom. The van der Waals surface area contributed by atoms with Gasteiger partial charge in [-0.15, -0.1) is 0 Å². The Labute approximate surface area is 89.7 Å². The molecule has 0 aromatic carbocycles. The summed E-state index contributed by atoms with van der Waals surface area (Å²) in [6.07, 6.45) is 6.17. The van der Waals surface area contributed by atoms with Crippen molar-refractivity contribution in [3.05, 3.63) is 0 Å². The molecule has 1 aliphatic heterocycles. The molecule has 1 saturated carbocycles. The first-order valence-corrected chi connectivity index (χ1v) is 5.58. The van der Waals surface area contributed by atoms with Crippen LogP contribution in [-0.4, -0.2) is 27.6 Å². The Morgan fingerprint density at radius 2 is 1.85 bits per heavy atom. The molecule has 1 N–H and O–H groups in total. The monoisotopic (exact) mass is 214 g/mol. The highest BCUT2D eigenvalue weighted by Gasteiger charge is 2.44. The fraction of sp³-hybridized carbons (Fsp3) is 0.778. The lowest BCUT2D eigenvalue weighted by molar-refractivity contribution is 0.360. The van der Waals surface area contributed by atoms with Crippen LogP contribution in [0.1, 0.15) is 32.1 Å². The fourth-order valence-corrected chi connectivity index (χ4v) is 2.94. The number of likely N-dealkylation sites (N-methyl/N-ethyl adjacent to an activating group) is 1. The Balaban J connectivity index is 2.23. The van der Waals surface area contributed by atoms with E-state index in [1.807, 2.05) is 11.9 Å². The first-order chi connectivity index (χ1) is 6.16. The van der Waals surface area contributed by atoms with Crippen molar-refractivity contribution < 1.29 is 0 Å². The van der Waals surface area contributed by atoms with Gasteiger partial charge in [0, 0.05) is 7.05 Å². The predicted molar refractivity (Wildman–Crippen MR) is 61.9 cm³/mol. The number of nitrogens with one attached hydrogen (secondary N) is 1. The third-order valence-electron chi connectivity index (χ3n) is 3.07. The van der Waals surface area contributed by atoms with Crippen molar-refractivity contribution in [1.29, 1.82) is 0 Å². The Hall–Kier alpha value is -0.220. The average Bonchev–Trinajstić information content (AvgIpc) is 2.33. The molecule has 2 nitrogen and oxygen atoms in total. The number of rotatable bonds is 0. The largest absolute Gasteiger partial charge is 0.350 e. The molecule has 2 aliphatic rings. The Morgan fingerprint density at radius 3 is 2.31 bits per heavy atom. The fourth-order valence-electron chi connectivity index (χ4n) is 2.25. The van der Waals surface area contributed by atoms with Crippen LogP contribution in [0.2, 0.25) is 0 Å². The third kappa shape index (κ3) is 1.36. The van der Waals surface area contributed by atoms with Crippen LogP contribution in [0.5, 0.6) is 0 Å². The van der Waals surface area contributed by atoms with Crippen LogP contribution >= 0.6 is 24.4 Å². The van der Waals surface area contributed by atoms with E-state index in [0.29, 0.717) is 0 Å². The zero-order valence-electron chi connectivity index (χ0n) is 7.80. The van der Waals surface area contributed by atoms with Gasteiger partial charge in [0.15, 0.2) is 5.11 Å². The van der Waals surface area contributed by atoms with Gasteiger partial charge < -0.3 is 10.2 Å².